The first kappa shape index (κ1) is 27.6. The number of carbonyl (C=O) groups excluding carboxylic acids is 5. The summed E-state index contributed by atoms with van der Waals surface area (Å²) in [5.41, 5.74) is 4.86. The number of amides is 5. The van der Waals surface area contributed by atoms with E-state index in [0.29, 0.717) is 10.8 Å². The third-order valence-corrected chi connectivity index (χ3v) is 6.69. The Kier molecular flexibility index (Phi) is 6.91. The number of carbonyl (C=O) groups is 5. The van der Waals surface area contributed by atoms with Gasteiger partial charge in [-0.05, 0) is 60.7 Å². The van der Waals surface area contributed by atoms with Gasteiger partial charge in [0.15, 0.2) is 6.73 Å². The van der Waals surface area contributed by atoms with E-state index < -0.39 is 35.3 Å². The number of ether oxygens (including phenoxy) is 1. The number of hydrazine groups is 2. The largest absolute Gasteiger partial charge is 0.507 e. The molecular weight excluding hydrogens is 572 g/mol. The van der Waals surface area contributed by atoms with Gasteiger partial charge < -0.3 is 14.9 Å². The van der Waals surface area contributed by atoms with Gasteiger partial charge in [0, 0.05) is 0 Å². The van der Waals surface area contributed by atoms with Crippen molar-refractivity contribution in [2.75, 3.05) is 6.73 Å². The van der Waals surface area contributed by atoms with E-state index >= 15 is 0 Å². The maximum atomic E-state index is 12.9. The number of azo groups is 1. The smallest absolute Gasteiger partial charge is 0.280 e. The zero-order valence-corrected chi connectivity index (χ0v) is 22.4. The summed E-state index contributed by atoms with van der Waals surface area (Å²) in [6.07, 6.45) is 0. The molecule has 6 rings (SSSR count). The van der Waals surface area contributed by atoms with Gasteiger partial charge in [-0.2, -0.15) is 15.2 Å². The van der Waals surface area contributed by atoms with Gasteiger partial charge in [-0.1, -0.05) is 24.3 Å². The zero-order chi connectivity index (χ0) is 31.0. The molecular formula is C30H20N6O8. The van der Waals surface area contributed by atoms with E-state index in [1.54, 1.807) is 36.4 Å². The monoisotopic (exact) mass is 592 g/mol. The quantitative estimate of drug-likeness (QED) is 0.193. The van der Waals surface area contributed by atoms with Gasteiger partial charge >= 0.3 is 0 Å². The van der Waals surface area contributed by atoms with Crippen molar-refractivity contribution in [2.24, 2.45) is 10.2 Å². The van der Waals surface area contributed by atoms with E-state index in [4.69, 9.17) is 4.74 Å². The number of imide groups is 1. The zero-order valence-electron chi connectivity index (χ0n) is 22.4. The van der Waals surface area contributed by atoms with Crippen LogP contribution in [0.25, 0.3) is 0 Å². The highest BCUT2D eigenvalue weighted by Crippen LogP contribution is 2.29. The van der Waals surface area contributed by atoms with Gasteiger partial charge in [0.25, 0.3) is 29.5 Å². The van der Waals surface area contributed by atoms with Crippen molar-refractivity contribution < 1.29 is 38.9 Å². The SMILES string of the molecule is O=C(NN1COc2ccccc2C1=O)c1cc(/N=N/c2ccc(O)c(C(=O)NN3C(=O)c4ccccc4C3=O)c2)ccc1O. The first-order chi connectivity index (χ1) is 21.2. The normalized spacial score (nSPS) is 13.9. The second kappa shape index (κ2) is 11.0. The second-order valence-electron chi connectivity index (χ2n) is 9.48. The minimum atomic E-state index is -0.948. The first-order valence-electron chi connectivity index (χ1n) is 12.9. The first-order valence-corrected chi connectivity index (χ1v) is 12.9. The van der Waals surface area contributed by atoms with Crippen LogP contribution in [0.4, 0.5) is 11.4 Å². The van der Waals surface area contributed by atoms with Gasteiger partial charge in [0.1, 0.15) is 17.2 Å². The third-order valence-electron chi connectivity index (χ3n) is 6.69. The number of hydrogen-bond acceptors (Lipinski definition) is 10. The Morgan fingerprint density at radius 3 is 1.73 bits per heavy atom. The molecule has 0 aliphatic carbocycles. The molecule has 0 spiro atoms. The van der Waals surface area contributed by atoms with Crippen molar-refractivity contribution in [1.82, 2.24) is 20.9 Å². The van der Waals surface area contributed by atoms with E-state index in [-0.39, 0.29) is 51.7 Å². The van der Waals surface area contributed by atoms with Crippen molar-refractivity contribution in [3.8, 4) is 17.2 Å². The highest BCUT2D eigenvalue weighted by atomic mass is 16.5. The summed E-state index contributed by atoms with van der Waals surface area (Å²) in [5, 5.41) is 30.1. The average Bonchev–Trinajstić information content (AvgIpc) is 3.27. The van der Waals surface area contributed by atoms with Crippen LogP contribution in [0.2, 0.25) is 0 Å². The highest BCUT2D eigenvalue weighted by molar-refractivity contribution is 6.22. The fourth-order valence-electron chi connectivity index (χ4n) is 4.48. The highest BCUT2D eigenvalue weighted by Gasteiger charge is 2.37. The summed E-state index contributed by atoms with van der Waals surface area (Å²) in [6.45, 7) is -0.245. The molecule has 2 aliphatic heterocycles. The number of para-hydroxylation sites is 1. The summed E-state index contributed by atoms with van der Waals surface area (Å²) in [4.78, 5) is 63.7. The lowest BCUT2D eigenvalue weighted by Crippen LogP contribution is -2.50. The molecule has 14 nitrogen and oxygen atoms in total. The maximum absolute atomic E-state index is 12.9. The molecule has 0 fully saturated rings. The fraction of sp³-hybridized carbons (Fsp3) is 0.0333. The van der Waals surface area contributed by atoms with Crippen LogP contribution in [0, 0.1) is 0 Å². The van der Waals surface area contributed by atoms with Crippen LogP contribution >= 0.6 is 0 Å². The van der Waals surface area contributed by atoms with Crippen molar-refractivity contribution >= 4 is 40.9 Å². The summed E-state index contributed by atoms with van der Waals surface area (Å²) in [6, 6.07) is 20.2. The molecule has 0 aromatic heterocycles. The van der Waals surface area contributed by atoms with Crippen molar-refractivity contribution in [1.29, 1.82) is 0 Å². The molecule has 0 radical (unpaired) electrons. The lowest BCUT2D eigenvalue weighted by molar-refractivity contribution is 0.0318. The minimum absolute atomic E-state index is 0.101. The number of benzene rings is 4. The standard InChI is InChI=1S/C30H20N6O8/c37-23-11-9-16(13-21(23)26(39)33-35-15-44-25-8-4-3-7-20(25)28(35)41)31-32-17-10-12-24(38)22(14-17)27(40)34-36-29(42)18-5-1-2-6-19(18)30(36)43/h1-14,37-38H,15H2,(H,33,39)(H,34,40)/b32-31+. The fourth-order valence-corrected chi connectivity index (χ4v) is 4.48. The maximum Gasteiger partial charge on any atom is 0.280 e. The number of aromatic hydroxyl groups is 2. The Hall–Kier alpha value is -6.57. The van der Waals surface area contributed by atoms with E-state index in [2.05, 4.69) is 21.1 Å². The van der Waals surface area contributed by atoms with Crippen molar-refractivity contribution in [3.05, 3.63) is 113 Å². The van der Waals surface area contributed by atoms with Crippen molar-refractivity contribution in [2.45, 2.75) is 0 Å². The number of phenols is 2. The molecule has 0 saturated carbocycles. The Bertz CT molecular complexity index is 1890. The number of rotatable bonds is 6. The number of fused-ring (bicyclic) bond motifs is 2. The lowest BCUT2D eigenvalue weighted by atomic mass is 10.1. The molecule has 0 bridgehead atoms. The molecule has 2 heterocycles. The molecule has 4 aromatic rings. The summed E-state index contributed by atoms with van der Waals surface area (Å²) in [5.74, 6) is -4.14. The Balaban J connectivity index is 1.16. The number of phenolic OH excluding ortho intramolecular Hbond substituents is 2. The molecule has 0 saturated heterocycles. The Labute approximate surface area is 247 Å². The topological polar surface area (TPSA) is 190 Å². The molecule has 4 N–H and O–H groups in total. The number of nitrogens with one attached hydrogen (secondary N) is 2. The van der Waals surface area contributed by atoms with Crippen LogP contribution in [0.5, 0.6) is 17.2 Å². The predicted molar refractivity (Wildman–Crippen MR) is 150 cm³/mol. The molecule has 0 unspecified atom stereocenters. The van der Waals surface area contributed by atoms with Gasteiger partial charge in [0.05, 0.1) is 39.2 Å². The van der Waals surface area contributed by atoms with E-state index in [9.17, 15) is 34.2 Å². The lowest BCUT2D eigenvalue weighted by Gasteiger charge is -2.28. The summed E-state index contributed by atoms with van der Waals surface area (Å²) >= 11 is 0. The molecule has 44 heavy (non-hydrogen) atoms. The predicted octanol–water partition coefficient (Wildman–Crippen LogP) is 3.59. The van der Waals surface area contributed by atoms with Crippen LogP contribution in [0.1, 0.15) is 51.8 Å². The molecule has 5 amide bonds. The Morgan fingerprint density at radius 2 is 1.16 bits per heavy atom. The minimum Gasteiger partial charge on any atom is -0.507 e. The van der Waals surface area contributed by atoms with E-state index in [0.717, 1.165) is 5.01 Å². The Morgan fingerprint density at radius 1 is 0.659 bits per heavy atom. The molecule has 2 aliphatic rings. The van der Waals surface area contributed by atoms with Gasteiger partial charge in [-0.3, -0.25) is 34.8 Å². The molecule has 14 heteroatoms. The molecule has 4 aromatic carbocycles. The van der Waals surface area contributed by atoms with Gasteiger partial charge in [-0.15, -0.1) is 0 Å². The van der Waals surface area contributed by atoms with Crippen molar-refractivity contribution in [3.63, 3.8) is 0 Å². The third kappa shape index (κ3) is 5.02. The van der Waals surface area contributed by atoms with Crippen LogP contribution in [-0.4, -0.2) is 56.5 Å². The number of hydrogen-bond donors (Lipinski definition) is 4. The second-order valence-corrected chi connectivity index (χ2v) is 9.48. The molecule has 0 atom stereocenters. The summed E-state index contributed by atoms with van der Waals surface area (Å²) < 4.78 is 5.49. The van der Waals surface area contributed by atoms with E-state index in [1.807, 2.05) is 0 Å². The van der Waals surface area contributed by atoms with Crippen LogP contribution < -0.4 is 15.6 Å². The van der Waals surface area contributed by atoms with Crippen LogP contribution in [0.3, 0.4) is 0 Å². The molecule has 218 valence electrons. The van der Waals surface area contributed by atoms with Crippen LogP contribution in [-0.2, 0) is 0 Å². The average molecular weight is 593 g/mol. The summed E-state index contributed by atoms with van der Waals surface area (Å²) in [7, 11) is 0. The van der Waals surface area contributed by atoms with E-state index in [1.165, 1.54) is 48.5 Å². The van der Waals surface area contributed by atoms with Gasteiger partial charge in [0.2, 0.25) is 0 Å². The number of nitrogens with zero attached hydrogens (tertiary/aromatic N) is 4. The van der Waals surface area contributed by atoms with Gasteiger partial charge in [-0.25, -0.2) is 5.01 Å². The van der Waals surface area contributed by atoms with Crippen LogP contribution in [0.15, 0.2) is 95.2 Å².